The number of rotatable bonds is 7. The highest BCUT2D eigenvalue weighted by Gasteiger charge is 2.17. The molecular formula is C20H17ClFN3O4. The number of likely N-dealkylation sites (N-methyl/N-ethyl adjacent to an activating group) is 1. The SMILES string of the molecule is CN(Cc1c(F)cccc1Cl)C(=O)COC(=O)c1ccc(NC(=O)CC#N)cc1. The Bertz CT molecular complexity index is 937. The number of nitriles is 1. The lowest BCUT2D eigenvalue weighted by molar-refractivity contribution is -0.133. The van der Waals surface area contributed by atoms with E-state index in [2.05, 4.69) is 5.32 Å². The molecule has 150 valence electrons. The fourth-order valence-corrected chi connectivity index (χ4v) is 2.52. The van der Waals surface area contributed by atoms with E-state index in [9.17, 15) is 18.8 Å². The molecular weight excluding hydrogens is 401 g/mol. The van der Waals surface area contributed by atoms with Crippen LogP contribution in [0.4, 0.5) is 10.1 Å². The molecule has 2 amide bonds. The van der Waals surface area contributed by atoms with E-state index in [1.165, 1.54) is 54.4 Å². The van der Waals surface area contributed by atoms with Gasteiger partial charge in [0.1, 0.15) is 12.2 Å². The standard InChI is InChI=1S/C20H17ClFN3O4/c1-25(11-15-16(21)3-2-4-17(15)22)19(27)12-29-20(28)13-5-7-14(8-6-13)24-18(26)9-10-23/h2-8H,9,11-12H2,1H3,(H,24,26). The number of carbonyl (C=O) groups is 3. The number of anilines is 1. The number of benzene rings is 2. The van der Waals surface area contributed by atoms with Gasteiger partial charge in [-0.3, -0.25) is 9.59 Å². The minimum absolute atomic E-state index is 0.0705. The first-order valence-electron chi connectivity index (χ1n) is 8.42. The maximum Gasteiger partial charge on any atom is 0.338 e. The largest absolute Gasteiger partial charge is 0.452 e. The van der Waals surface area contributed by atoms with Crippen molar-refractivity contribution >= 4 is 35.1 Å². The van der Waals surface area contributed by atoms with Crippen molar-refractivity contribution in [3.05, 3.63) is 64.4 Å². The molecule has 2 rings (SSSR count). The van der Waals surface area contributed by atoms with E-state index in [1.807, 2.05) is 0 Å². The number of hydrogen-bond acceptors (Lipinski definition) is 5. The maximum absolute atomic E-state index is 13.8. The molecule has 7 nitrogen and oxygen atoms in total. The Morgan fingerprint density at radius 3 is 2.52 bits per heavy atom. The molecule has 0 aromatic heterocycles. The molecule has 1 N–H and O–H groups in total. The second-order valence-electron chi connectivity index (χ2n) is 5.99. The first-order chi connectivity index (χ1) is 13.8. The van der Waals surface area contributed by atoms with Gasteiger partial charge in [-0.2, -0.15) is 5.26 Å². The van der Waals surface area contributed by atoms with Crippen molar-refractivity contribution in [2.24, 2.45) is 0 Å². The first-order valence-corrected chi connectivity index (χ1v) is 8.80. The Balaban J connectivity index is 1.88. The zero-order valence-electron chi connectivity index (χ0n) is 15.4. The Hall–Kier alpha value is -3.44. The van der Waals surface area contributed by atoms with Gasteiger partial charge in [0.2, 0.25) is 5.91 Å². The molecule has 0 radical (unpaired) electrons. The van der Waals surface area contributed by atoms with Crippen LogP contribution in [-0.4, -0.2) is 36.3 Å². The summed E-state index contributed by atoms with van der Waals surface area (Å²) in [5.41, 5.74) is 0.764. The van der Waals surface area contributed by atoms with Crippen molar-refractivity contribution in [3.63, 3.8) is 0 Å². The van der Waals surface area contributed by atoms with E-state index in [1.54, 1.807) is 6.07 Å². The van der Waals surface area contributed by atoms with Crippen molar-refractivity contribution in [2.75, 3.05) is 19.0 Å². The van der Waals surface area contributed by atoms with Gasteiger partial charge in [0, 0.05) is 29.9 Å². The lowest BCUT2D eigenvalue weighted by Gasteiger charge is -2.18. The molecule has 0 heterocycles. The number of esters is 1. The minimum atomic E-state index is -0.731. The van der Waals surface area contributed by atoms with E-state index < -0.39 is 30.2 Å². The van der Waals surface area contributed by atoms with Crippen molar-refractivity contribution < 1.29 is 23.5 Å². The molecule has 2 aromatic carbocycles. The third kappa shape index (κ3) is 6.30. The summed E-state index contributed by atoms with van der Waals surface area (Å²) in [5.74, 6) is -2.26. The summed E-state index contributed by atoms with van der Waals surface area (Å²) >= 11 is 5.94. The topological polar surface area (TPSA) is 99.5 Å². The second kappa shape index (κ2) is 10.2. The van der Waals surface area contributed by atoms with Gasteiger partial charge >= 0.3 is 5.97 Å². The molecule has 0 aliphatic rings. The molecule has 0 atom stereocenters. The van der Waals surface area contributed by atoms with Crippen molar-refractivity contribution in [1.82, 2.24) is 4.90 Å². The number of hydrogen-bond donors (Lipinski definition) is 1. The average Bonchev–Trinajstić information content (AvgIpc) is 2.69. The quantitative estimate of drug-likeness (QED) is 0.697. The molecule has 0 saturated carbocycles. The van der Waals surface area contributed by atoms with Gasteiger partial charge in [0.15, 0.2) is 6.61 Å². The fraction of sp³-hybridized carbons (Fsp3) is 0.200. The van der Waals surface area contributed by atoms with E-state index in [0.29, 0.717) is 5.69 Å². The summed E-state index contributed by atoms with van der Waals surface area (Å²) < 4.78 is 18.8. The molecule has 0 bridgehead atoms. The highest BCUT2D eigenvalue weighted by atomic mass is 35.5. The Morgan fingerprint density at radius 2 is 1.90 bits per heavy atom. The Kier molecular flexibility index (Phi) is 7.69. The predicted octanol–water partition coefficient (Wildman–Crippen LogP) is 3.15. The van der Waals surface area contributed by atoms with Gasteiger partial charge in [-0.15, -0.1) is 0 Å². The number of carbonyl (C=O) groups excluding carboxylic acids is 3. The van der Waals surface area contributed by atoms with Gasteiger partial charge in [-0.05, 0) is 36.4 Å². The van der Waals surface area contributed by atoms with Gasteiger partial charge in [-0.1, -0.05) is 17.7 Å². The van der Waals surface area contributed by atoms with Gasteiger partial charge in [-0.25, -0.2) is 9.18 Å². The number of ether oxygens (including phenoxy) is 1. The molecule has 0 aliphatic carbocycles. The number of halogens is 2. The summed E-state index contributed by atoms with van der Waals surface area (Å²) in [6, 6.07) is 11.7. The summed E-state index contributed by atoms with van der Waals surface area (Å²) in [4.78, 5) is 36.8. The molecule has 0 fully saturated rings. The van der Waals surface area contributed by atoms with E-state index in [-0.39, 0.29) is 29.1 Å². The number of nitrogens with one attached hydrogen (secondary N) is 1. The summed E-state index contributed by atoms with van der Waals surface area (Å²) in [6.45, 7) is -0.596. The lowest BCUT2D eigenvalue weighted by atomic mass is 10.2. The van der Waals surface area contributed by atoms with Crippen molar-refractivity contribution in [1.29, 1.82) is 5.26 Å². The first kappa shape index (κ1) is 21.9. The van der Waals surface area contributed by atoms with Crippen LogP contribution in [0.3, 0.4) is 0 Å². The van der Waals surface area contributed by atoms with Crippen molar-refractivity contribution in [2.45, 2.75) is 13.0 Å². The van der Waals surface area contributed by atoms with Crippen LogP contribution in [0, 0.1) is 17.1 Å². The summed E-state index contributed by atoms with van der Waals surface area (Å²) in [7, 11) is 1.44. The van der Waals surface area contributed by atoms with Crippen LogP contribution >= 0.6 is 11.6 Å². The highest BCUT2D eigenvalue weighted by Crippen LogP contribution is 2.20. The molecule has 0 spiro atoms. The van der Waals surface area contributed by atoms with Crippen LogP contribution in [0.1, 0.15) is 22.3 Å². The lowest BCUT2D eigenvalue weighted by Crippen LogP contribution is -2.31. The monoisotopic (exact) mass is 417 g/mol. The van der Waals surface area contributed by atoms with E-state index >= 15 is 0 Å². The zero-order chi connectivity index (χ0) is 21.4. The molecule has 29 heavy (non-hydrogen) atoms. The van der Waals surface area contributed by atoms with Crippen LogP contribution < -0.4 is 5.32 Å². The van der Waals surface area contributed by atoms with Crippen LogP contribution in [0.2, 0.25) is 5.02 Å². The van der Waals surface area contributed by atoms with Crippen LogP contribution in [-0.2, 0) is 20.9 Å². The van der Waals surface area contributed by atoms with E-state index in [0.717, 1.165) is 0 Å². The minimum Gasteiger partial charge on any atom is -0.452 e. The van der Waals surface area contributed by atoms with Crippen molar-refractivity contribution in [3.8, 4) is 6.07 Å². The molecule has 2 aromatic rings. The number of nitrogens with zero attached hydrogens (tertiary/aromatic N) is 2. The van der Waals surface area contributed by atoms with Gasteiger partial charge < -0.3 is 15.0 Å². The molecule has 0 saturated heterocycles. The van der Waals surface area contributed by atoms with E-state index in [4.69, 9.17) is 21.6 Å². The third-order valence-electron chi connectivity index (χ3n) is 3.85. The Morgan fingerprint density at radius 1 is 1.21 bits per heavy atom. The normalized spacial score (nSPS) is 10.0. The fourth-order valence-electron chi connectivity index (χ4n) is 2.30. The maximum atomic E-state index is 13.8. The predicted molar refractivity (Wildman–Crippen MR) is 103 cm³/mol. The van der Waals surface area contributed by atoms with Crippen LogP contribution in [0.15, 0.2) is 42.5 Å². The highest BCUT2D eigenvalue weighted by molar-refractivity contribution is 6.31. The van der Waals surface area contributed by atoms with Gasteiger partial charge in [0.05, 0.1) is 11.6 Å². The average molecular weight is 418 g/mol. The van der Waals surface area contributed by atoms with Crippen LogP contribution in [0.5, 0.6) is 0 Å². The third-order valence-corrected chi connectivity index (χ3v) is 4.21. The second-order valence-corrected chi connectivity index (χ2v) is 6.39. The molecule has 0 aliphatic heterocycles. The van der Waals surface area contributed by atoms with Crippen LogP contribution in [0.25, 0.3) is 0 Å². The molecule has 0 unspecified atom stereocenters. The number of amides is 2. The summed E-state index contributed by atoms with van der Waals surface area (Å²) in [6.07, 6.45) is -0.280. The molecule has 9 heteroatoms. The Labute approximate surface area is 171 Å². The smallest absolute Gasteiger partial charge is 0.338 e. The zero-order valence-corrected chi connectivity index (χ0v) is 16.2. The van der Waals surface area contributed by atoms with Gasteiger partial charge in [0.25, 0.3) is 5.91 Å². The summed E-state index contributed by atoms with van der Waals surface area (Å²) in [5, 5.41) is 11.1.